The van der Waals surface area contributed by atoms with Crippen LogP contribution in [0.5, 0.6) is 0 Å². The Hall–Kier alpha value is -0.0800. The van der Waals surface area contributed by atoms with Gasteiger partial charge in [-0.15, -0.1) is 0 Å². The highest BCUT2D eigenvalue weighted by Crippen LogP contribution is 2.54. The van der Waals surface area contributed by atoms with Crippen LogP contribution in [0.3, 0.4) is 0 Å². The summed E-state index contributed by atoms with van der Waals surface area (Å²) in [5.41, 5.74) is 0. The Balaban J connectivity index is 2.07. The van der Waals surface area contributed by atoms with Crippen LogP contribution in [0.1, 0.15) is 13.3 Å². The van der Waals surface area contributed by atoms with Crippen LogP contribution in [0.4, 0.5) is 0 Å². The van der Waals surface area contributed by atoms with E-state index in [-0.39, 0.29) is 18.1 Å². The Kier molecular flexibility index (Phi) is 0.945. The van der Waals surface area contributed by atoms with E-state index >= 15 is 0 Å². The fourth-order valence-corrected chi connectivity index (χ4v) is 2.08. The third kappa shape index (κ3) is 0.578. The average molecular weight is 128 g/mol. The fraction of sp³-hybridized carbons (Fsp3) is 1.00. The van der Waals surface area contributed by atoms with Crippen molar-refractivity contribution in [1.82, 2.24) is 0 Å². The lowest BCUT2D eigenvalue weighted by Crippen LogP contribution is -2.18. The van der Waals surface area contributed by atoms with Gasteiger partial charge in [-0.3, -0.25) is 0 Å². The van der Waals surface area contributed by atoms with Crippen LogP contribution in [-0.4, -0.2) is 22.4 Å². The molecule has 0 saturated heterocycles. The van der Waals surface area contributed by atoms with Crippen molar-refractivity contribution in [2.45, 2.75) is 25.6 Å². The first-order chi connectivity index (χ1) is 4.22. The number of hydrogen-bond donors (Lipinski definition) is 2. The Bertz CT molecular complexity index is 135. The predicted octanol–water partition coefficient (Wildman–Crippen LogP) is -0.00600. The third-order valence-electron chi connectivity index (χ3n) is 2.81. The third-order valence-corrected chi connectivity index (χ3v) is 2.81. The predicted molar refractivity (Wildman–Crippen MR) is 32.8 cm³/mol. The van der Waals surface area contributed by atoms with Gasteiger partial charge in [0.05, 0.1) is 12.2 Å². The van der Waals surface area contributed by atoms with Gasteiger partial charge in [0.1, 0.15) is 0 Å². The zero-order valence-electron chi connectivity index (χ0n) is 5.49. The van der Waals surface area contributed by atoms with Crippen LogP contribution in [0.15, 0.2) is 0 Å². The first-order valence-corrected chi connectivity index (χ1v) is 3.58. The van der Waals surface area contributed by atoms with E-state index < -0.39 is 0 Å². The molecule has 0 aromatic heterocycles. The summed E-state index contributed by atoms with van der Waals surface area (Å²) in [7, 11) is 0. The van der Waals surface area contributed by atoms with Gasteiger partial charge in [0.25, 0.3) is 0 Å². The monoisotopic (exact) mass is 128 g/mol. The van der Waals surface area contributed by atoms with E-state index in [9.17, 15) is 5.11 Å². The molecule has 0 aromatic rings. The zero-order chi connectivity index (χ0) is 6.59. The van der Waals surface area contributed by atoms with Crippen molar-refractivity contribution in [3.05, 3.63) is 0 Å². The molecule has 2 heteroatoms. The Labute approximate surface area is 54.5 Å². The molecule has 5 atom stereocenters. The van der Waals surface area contributed by atoms with Gasteiger partial charge in [0.15, 0.2) is 0 Å². The molecule has 0 aromatic carbocycles. The number of fused-ring (bicyclic) bond motifs is 1. The normalized spacial score (nSPS) is 63.7. The second-order valence-electron chi connectivity index (χ2n) is 3.44. The lowest BCUT2D eigenvalue weighted by atomic mass is 10.0. The van der Waals surface area contributed by atoms with E-state index in [4.69, 9.17) is 5.11 Å². The van der Waals surface area contributed by atoms with Gasteiger partial charge in [-0.2, -0.15) is 0 Å². The SMILES string of the molecule is CC1CC2C(O)C2C1O. The standard InChI is InChI=1S/C7H12O2/c1-3-2-4-5(6(3)8)7(4)9/h3-9H,2H2,1H3. The maximum absolute atomic E-state index is 9.32. The van der Waals surface area contributed by atoms with E-state index in [0.29, 0.717) is 11.8 Å². The Morgan fingerprint density at radius 2 is 1.89 bits per heavy atom. The van der Waals surface area contributed by atoms with Crippen molar-refractivity contribution in [1.29, 1.82) is 0 Å². The highest BCUT2D eigenvalue weighted by atomic mass is 16.3. The number of hydrogen-bond acceptors (Lipinski definition) is 2. The molecule has 2 aliphatic carbocycles. The summed E-state index contributed by atoms with van der Waals surface area (Å²) < 4.78 is 0. The second-order valence-corrected chi connectivity index (χ2v) is 3.44. The quantitative estimate of drug-likeness (QED) is 0.482. The number of rotatable bonds is 0. The minimum atomic E-state index is -0.218. The number of aliphatic hydroxyl groups is 2. The van der Waals surface area contributed by atoms with E-state index in [1.807, 2.05) is 6.92 Å². The molecule has 2 saturated carbocycles. The second kappa shape index (κ2) is 1.50. The summed E-state index contributed by atoms with van der Waals surface area (Å²) in [5, 5.41) is 18.4. The van der Waals surface area contributed by atoms with Crippen molar-refractivity contribution in [2.24, 2.45) is 17.8 Å². The van der Waals surface area contributed by atoms with E-state index in [0.717, 1.165) is 6.42 Å². The summed E-state index contributed by atoms with van der Waals surface area (Å²) in [6, 6.07) is 0. The lowest BCUT2D eigenvalue weighted by Gasteiger charge is -2.11. The molecule has 2 aliphatic rings. The molecule has 9 heavy (non-hydrogen) atoms. The molecule has 5 unspecified atom stereocenters. The van der Waals surface area contributed by atoms with Crippen molar-refractivity contribution >= 4 is 0 Å². The molecule has 0 radical (unpaired) electrons. The fourth-order valence-electron chi connectivity index (χ4n) is 2.08. The molecule has 0 aliphatic heterocycles. The van der Waals surface area contributed by atoms with Crippen LogP contribution in [0, 0.1) is 17.8 Å². The van der Waals surface area contributed by atoms with Crippen LogP contribution < -0.4 is 0 Å². The molecular weight excluding hydrogens is 116 g/mol. The minimum Gasteiger partial charge on any atom is -0.392 e. The summed E-state index contributed by atoms with van der Waals surface area (Å²) in [4.78, 5) is 0. The lowest BCUT2D eigenvalue weighted by molar-refractivity contribution is 0.0826. The molecule has 52 valence electrons. The Morgan fingerprint density at radius 1 is 1.22 bits per heavy atom. The van der Waals surface area contributed by atoms with Gasteiger partial charge in [-0.05, 0) is 18.3 Å². The Morgan fingerprint density at radius 3 is 2.22 bits per heavy atom. The van der Waals surface area contributed by atoms with Crippen LogP contribution >= 0.6 is 0 Å². The van der Waals surface area contributed by atoms with Crippen molar-refractivity contribution in [3.63, 3.8) is 0 Å². The van der Waals surface area contributed by atoms with Gasteiger partial charge in [0.2, 0.25) is 0 Å². The summed E-state index contributed by atoms with van der Waals surface area (Å²) >= 11 is 0. The highest BCUT2D eigenvalue weighted by Gasteiger charge is 2.59. The van der Waals surface area contributed by atoms with Gasteiger partial charge >= 0.3 is 0 Å². The molecule has 0 amide bonds. The zero-order valence-corrected chi connectivity index (χ0v) is 5.49. The molecule has 0 heterocycles. The smallest absolute Gasteiger partial charge is 0.0629 e. The summed E-state index contributed by atoms with van der Waals surface area (Å²) in [6.45, 7) is 2.05. The van der Waals surface area contributed by atoms with E-state index in [1.165, 1.54) is 0 Å². The van der Waals surface area contributed by atoms with Gasteiger partial charge < -0.3 is 10.2 Å². The summed E-state index contributed by atoms with van der Waals surface area (Å²) in [6.07, 6.45) is 0.633. The van der Waals surface area contributed by atoms with Crippen molar-refractivity contribution in [2.75, 3.05) is 0 Å². The first-order valence-electron chi connectivity index (χ1n) is 3.58. The molecule has 2 rings (SSSR count). The van der Waals surface area contributed by atoms with Gasteiger partial charge in [0, 0.05) is 5.92 Å². The molecule has 0 bridgehead atoms. The molecule has 2 fully saturated rings. The molecule has 2 nitrogen and oxygen atoms in total. The maximum atomic E-state index is 9.32. The van der Waals surface area contributed by atoms with Crippen LogP contribution in [0.2, 0.25) is 0 Å². The molecular formula is C7H12O2. The average Bonchev–Trinajstić information content (AvgIpc) is 2.29. The van der Waals surface area contributed by atoms with Crippen LogP contribution in [-0.2, 0) is 0 Å². The van der Waals surface area contributed by atoms with E-state index in [1.54, 1.807) is 0 Å². The van der Waals surface area contributed by atoms with Crippen LogP contribution in [0.25, 0.3) is 0 Å². The van der Waals surface area contributed by atoms with E-state index in [2.05, 4.69) is 0 Å². The first kappa shape index (κ1) is 5.69. The number of aliphatic hydroxyl groups excluding tert-OH is 2. The van der Waals surface area contributed by atoms with Gasteiger partial charge in [-0.1, -0.05) is 6.92 Å². The minimum absolute atomic E-state index is 0.170. The molecule has 2 N–H and O–H groups in total. The summed E-state index contributed by atoms with van der Waals surface area (Å²) in [5.74, 6) is 1.10. The maximum Gasteiger partial charge on any atom is 0.0629 e. The van der Waals surface area contributed by atoms with Crippen molar-refractivity contribution < 1.29 is 10.2 Å². The molecule has 0 spiro atoms. The van der Waals surface area contributed by atoms with Gasteiger partial charge in [-0.25, -0.2) is 0 Å². The topological polar surface area (TPSA) is 40.5 Å². The van der Waals surface area contributed by atoms with Crippen molar-refractivity contribution in [3.8, 4) is 0 Å². The largest absolute Gasteiger partial charge is 0.392 e. The highest BCUT2D eigenvalue weighted by molar-refractivity contribution is 5.08.